The first-order valence-corrected chi connectivity index (χ1v) is 9.71. The molecule has 0 aliphatic heterocycles. The maximum absolute atomic E-state index is 5.58. The van der Waals surface area contributed by atoms with Crippen LogP contribution in [0.2, 0.25) is 0 Å². The van der Waals surface area contributed by atoms with E-state index in [4.69, 9.17) is 9.47 Å². The van der Waals surface area contributed by atoms with Gasteiger partial charge in [-0.3, -0.25) is 0 Å². The van der Waals surface area contributed by atoms with E-state index in [9.17, 15) is 0 Å². The molecule has 0 radical (unpaired) electrons. The number of guanidine groups is 1. The number of benzene rings is 1. The third-order valence-electron chi connectivity index (χ3n) is 3.75. The van der Waals surface area contributed by atoms with Gasteiger partial charge in [-0.15, -0.1) is 0 Å². The number of nitrogens with zero attached hydrogens (tertiary/aromatic N) is 1. The van der Waals surface area contributed by atoms with Crippen molar-refractivity contribution in [1.29, 1.82) is 0 Å². The molecule has 0 heterocycles. The first-order chi connectivity index (χ1) is 12.8. The van der Waals surface area contributed by atoms with Crippen LogP contribution in [0, 0.1) is 0 Å². The Morgan fingerprint density at radius 3 is 2.42 bits per heavy atom. The number of hydrogen-bond donors (Lipinski definition) is 3. The molecule has 1 aromatic rings. The van der Waals surface area contributed by atoms with Crippen LogP contribution in [0.1, 0.15) is 38.7 Å². The highest BCUT2D eigenvalue weighted by Crippen LogP contribution is 2.10. The van der Waals surface area contributed by atoms with Crippen molar-refractivity contribution >= 4 is 11.6 Å². The van der Waals surface area contributed by atoms with Crippen LogP contribution in [-0.4, -0.2) is 52.5 Å². The van der Waals surface area contributed by atoms with E-state index in [0.29, 0.717) is 13.2 Å². The maximum Gasteiger partial charge on any atom is 0.191 e. The lowest BCUT2D eigenvalue weighted by molar-refractivity contribution is 0.129. The van der Waals surface area contributed by atoms with E-state index in [1.807, 2.05) is 0 Å². The van der Waals surface area contributed by atoms with E-state index in [-0.39, 0.29) is 0 Å². The van der Waals surface area contributed by atoms with Gasteiger partial charge in [0, 0.05) is 45.6 Å². The molecule has 1 rings (SSSR count). The first kappa shape index (κ1) is 22.3. The predicted octanol–water partition coefficient (Wildman–Crippen LogP) is 3.01. The zero-order valence-electron chi connectivity index (χ0n) is 16.6. The Morgan fingerprint density at radius 1 is 0.962 bits per heavy atom. The number of rotatable bonds is 14. The minimum Gasteiger partial charge on any atom is -0.383 e. The normalized spacial score (nSPS) is 11.4. The quantitative estimate of drug-likeness (QED) is 0.269. The van der Waals surface area contributed by atoms with E-state index in [2.05, 4.69) is 59.1 Å². The Kier molecular flexibility index (Phi) is 13.2. The van der Waals surface area contributed by atoms with Crippen molar-refractivity contribution in [2.24, 2.45) is 4.99 Å². The van der Waals surface area contributed by atoms with Gasteiger partial charge in [-0.25, -0.2) is 4.99 Å². The topological polar surface area (TPSA) is 66.9 Å². The lowest BCUT2D eigenvalue weighted by Gasteiger charge is -2.11. The number of hydrogen-bond acceptors (Lipinski definition) is 4. The van der Waals surface area contributed by atoms with Crippen LogP contribution in [-0.2, 0) is 16.0 Å². The number of methoxy groups -OCH3 is 1. The van der Waals surface area contributed by atoms with E-state index in [1.165, 1.54) is 12.0 Å². The zero-order chi connectivity index (χ0) is 18.9. The third-order valence-corrected chi connectivity index (χ3v) is 3.75. The molecule has 0 fully saturated rings. The van der Waals surface area contributed by atoms with Gasteiger partial charge < -0.3 is 25.4 Å². The van der Waals surface area contributed by atoms with Crippen molar-refractivity contribution in [1.82, 2.24) is 10.6 Å². The molecule has 0 saturated carbocycles. The highest BCUT2D eigenvalue weighted by Gasteiger charge is 1.98. The van der Waals surface area contributed by atoms with Crippen molar-refractivity contribution in [3.8, 4) is 0 Å². The van der Waals surface area contributed by atoms with Crippen LogP contribution >= 0.6 is 0 Å². The Morgan fingerprint density at radius 2 is 1.73 bits per heavy atom. The average Bonchev–Trinajstić information content (AvgIpc) is 2.66. The van der Waals surface area contributed by atoms with Gasteiger partial charge in [-0.1, -0.05) is 25.5 Å². The standard InChI is InChI=1S/C20H36N4O2/c1-4-6-14-26-15-7-12-23-20(21-5-2)24-17-18-8-10-19(11-9-18)22-13-16-25-3/h8-11,22H,4-7,12-17H2,1-3H3,(H2,21,23,24). The van der Waals surface area contributed by atoms with Gasteiger partial charge in [-0.05, 0) is 37.5 Å². The molecule has 6 nitrogen and oxygen atoms in total. The fourth-order valence-electron chi connectivity index (χ4n) is 2.27. The van der Waals surface area contributed by atoms with Gasteiger partial charge in [0.25, 0.3) is 0 Å². The van der Waals surface area contributed by atoms with Crippen LogP contribution < -0.4 is 16.0 Å². The average molecular weight is 365 g/mol. The minimum absolute atomic E-state index is 0.653. The van der Waals surface area contributed by atoms with Crippen LogP contribution in [0.25, 0.3) is 0 Å². The Hall–Kier alpha value is -1.79. The highest BCUT2D eigenvalue weighted by atomic mass is 16.5. The molecule has 0 amide bonds. The van der Waals surface area contributed by atoms with Crippen LogP contribution in [0.15, 0.2) is 29.3 Å². The number of ether oxygens (including phenoxy) is 2. The molecule has 3 N–H and O–H groups in total. The van der Waals surface area contributed by atoms with Crippen LogP contribution in [0.5, 0.6) is 0 Å². The lowest BCUT2D eigenvalue weighted by atomic mass is 10.2. The molecule has 26 heavy (non-hydrogen) atoms. The molecule has 0 saturated heterocycles. The summed E-state index contributed by atoms with van der Waals surface area (Å²) in [5.41, 5.74) is 2.28. The molecular weight excluding hydrogens is 328 g/mol. The van der Waals surface area contributed by atoms with Gasteiger partial charge in [0.15, 0.2) is 5.96 Å². The largest absolute Gasteiger partial charge is 0.383 e. The molecule has 0 aliphatic rings. The summed E-state index contributed by atoms with van der Waals surface area (Å²) in [7, 11) is 1.71. The van der Waals surface area contributed by atoms with E-state index in [1.54, 1.807) is 7.11 Å². The van der Waals surface area contributed by atoms with E-state index in [0.717, 1.165) is 57.3 Å². The summed E-state index contributed by atoms with van der Waals surface area (Å²) in [6.07, 6.45) is 3.30. The van der Waals surface area contributed by atoms with Crippen molar-refractivity contribution < 1.29 is 9.47 Å². The smallest absolute Gasteiger partial charge is 0.191 e. The van der Waals surface area contributed by atoms with Crippen molar-refractivity contribution in [3.05, 3.63) is 29.8 Å². The second-order valence-corrected chi connectivity index (χ2v) is 6.06. The Bertz CT molecular complexity index is 477. The Labute approximate surface area is 158 Å². The van der Waals surface area contributed by atoms with Crippen LogP contribution in [0.4, 0.5) is 5.69 Å². The van der Waals surface area contributed by atoms with Gasteiger partial charge in [0.05, 0.1) is 13.2 Å². The summed E-state index contributed by atoms with van der Waals surface area (Å²) in [4.78, 5) is 4.65. The fourth-order valence-corrected chi connectivity index (χ4v) is 2.27. The second kappa shape index (κ2) is 15.5. The van der Waals surface area contributed by atoms with Gasteiger partial charge in [0.2, 0.25) is 0 Å². The molecule has 0 aromatic heterocycles. The second-order valence-electron chi connectivity index (χ2n) is 6.06. The van der Waals surface area contributed by atoms with Crippen LogP contribution in [0.3, 0.4) is 0 Å². The number of unbranched alkanes of at least 4 members (excludes halogenated alkanes) is 1. The van der Waals surface area contributed by atoms with Gasteiger partial charge in [-0.2, -0.15) is 0 Å². The SMILES string of the molecule is CCCCOCCCNC(=NCc1ccc(NCCOC)cc1)NCC. The zero-order valence-corrected chi connectivity index (χ0v) is 16.6. The molecule has 0 aliphatic carbocycles. The number of anilines is 1. The van der Waals surface area contributed by atoms with Crippen molar-refractivity contribution in [2.45, 2.75) is 39.7 Å². The summed E-state index contributed by atoms with van der Waals surface area (Å²) in [6.45, 7) is 9.78. The predicted molar refractivity (Wildman–Crippen MR) is 110 cm³/mol. The fraction of sp³-hybridized carbons (Fsp3) is 0.650. The van der Waals surface area contributed by atoms with Gasteiger partial charge >= 0.3 is 0 Å². The first-order valence-electron chi connectivity index (χ1n) is 9.71. The summed E-state index contributed by atoms with van der Waals surface area (Å²) in [6, 6.07) is 8.36. The third kappa shape index (κ3) is 10.9. The monoisotopic (exact) mass is 364 g/mol. The highest BCUT2D eigenvalue weighted by molar-refractivity contribution is 5.79. The molecule has 1 aromatic carbocycles. The molecule has 0 bridgehead atoms. The van der Waals surface area contributed by atoms with Crippen molar-refractivity contribution in [2.75, 3.05) is 51.9 Å². The molecule has 6 heteroatoms. The molecular formula is C20H36N4O2. The van der Waals surface area contributed by atoms with E-state index >= 15 is 0 Å². The maximum atomic E-state index is 5.58. The van der Waals surface area contributed by atoms with Crippen molar-refractivity contribution in [3.63, 3.8) is 0 Å². The summed E-state index contributed by atoms with van der Waals surface area (Å²) in [5.74, 6) is 0.850. The Balaban J connectivity index is 2.33. The molecule has 0 atom stereocenters. The number of aliphatic imine (C=N–C) groups is 1. The minimum atomic E-state index is 0.653. The molecule has 148 valence electrons. The summed E-state index contributed by atoms with van der Waals surface area (Å²) < 4.78 is 10.6. The van der Waals surface area contributed by atoms with Gasteiger partial charge in [0.1, 0.15) is 0 Å². The summed E-state index contributed by atoms with van der Waals surface area (Å²) >= 11 is 0. The lowest BCUT2D eigenvalue weighted by Crippen LogP contribution is -2.38. The molecule has 0 spiro atoms. The van der Waals surface area contributed by atoms with E-state index < -0.39 is 0 Å². The molecule has 0 unspecified atom stereocenters. The number of nitrogens with one attached hydrogen (secondary N) is 3. The summed E-state index contributed by atoms with van der Waals surface area (Å²) in [5, 5.41) is 9.95.